The third-order valence-electron chi connectivity index (χ3n) is 14.6. The summed E-state index contributed by atoms with van der Waals surface area (Å²) < 4.78 is 9.50. The molecule has 2 aromatic heterocycles. The van der Waals surface area contributed by atoms with Gasteiger partial charge in [0.1, 0.15) is 29.5 Å². The molecule has 17 nitrogen and oxygen atoms in total. The minimum absolute atomic E-state index is 0.00925. The van der Waals surface area contributed by atoms with E-state index >= 15 is 0 Å². The van der Waals surface area contributed by atoms with Crippen molar-refractivity contribution in [1.29, 1.82) is 5.26 Å². The van der Waals surface area contributed by atoms with Crippen LogP contribution >= 0.6 is 11.6 Å². The van der Waals surface area contributed by atoms with Crippen molar-refractivity contribution in [2.45, 2.75) is 90.4 Å². The summed E-state index contributed by atoms with van der Waals surface area (Å²) in [6.45, 7) is 12.8. The molecule has 9 rings (SSSR count). The van der Waals surface area contributed by atoms with Gasteiger partial charge >= 0.3 is 0 Å². The first-order chi connectivity index (χ1) is 32.6. The molecule has 18 heteroatoms. The minimum Gasteiger partial charge on any atom is -0.489 e. The molecular weight excluding hydrogens is 886 g/mol. The fraction of sp³-hybridized carbons (Fsp3) is 0.460. The standard InChI is InChI=1S/C50H56ClN11O6/c1-49(2)47(50(3,4)48(49)68-37-11-9-33(25-52)39(51)24-37)56-44(65)32-7-5-31(6-8-32)34-26-54-61(29-34)36-17-19-59(20-18-36)28-30-15-21-60(22-16-30)43(64)27-53-35-10-12-40-38(23-35)46(67)62(58-57-40)41-13-14-42(63)55-45(41)66/h5-12,23-24,26,29-30,36,41,47-48,53H,13-22,27-28H2,1-4H3,(H,56,65)(H,55,63,66). The van der Waals surface area contributed by atoms with E-state index in [1.54, 1.807) is 36.4 Å². The molecule has 4 fully saturated rings. The number of aromatic nitrogens is 5. The summed E-state index contributed by atoms with van der Waals surface area (Å²) in [5.74, 6) is -0.00674. The molecule has 3 saturated heterocycles. The van der Waals surface area contributed by atoms with E-state index in [4.69, 9.17) is 21.4 Å². The lowest BCUT2D eigenvalue weighted by Crippen LogP contribution is -2.74. The average molecular weight is 943 g/mol. The van der Waals surface area contributed by atoms with Crippen molar-refractivity contribution in [3.8, 4) is 22.9 Å². The fourth-order valence-corrected chi connectivity index (χ4v) is 11.2. The Morgan fingerprint density at radius 1 is 0.912 bits per heavy atom. The van der Waals surface area contributed by atoms with Gasteiger partial charge in [-0.2, -0.15) is 15.0 Å². The van der Waals surface area contributed by atoms with Crippen LogP contribution in [0.4, 0.5) is 5.69 Å². The lowest BCUT2D eigenvalue weighted by molar-refractivity contribution is -0.164. The van der Waals surface area contributed by atoms with Gasteiger partial charge in [0.05, 0.1) is 34.8 Å². The highest BCUT2D eigenvalue weighted by atomic mass is 35.5. The number of hydrogen-bond donors (Lipinski definition) is 3. The van der Waals surface area contributed by atoms with Gasteiger partial charge in [0, 0.05) is 85.1 Å². The Morgan fingerprint density at radius 2 is 1.65 bits per heavy atom. The number of benzene rings is 3. The van der Waals surface area contributed by atoms with E-state index in [2.05, 4.69) is 75.8 Å². The van der Waals surface area contributed by atoms with Crippen LogP contribution in [0, 0.1) is 28.1 Å². The van der Waals surface area contributed by atoms with Crippen molar-refractivity contribution < 1.29 is 23.9 Å². The van der Waals surface area contributed by atoms with Crippen LogP contribution in [0.2, 0.25) is 5.02 Å². The number of carbonyl (C=O) groups excluding carboxylic acids is 4. The number of carbonyl (C=O) groups is 4. The molecule has 0 bridgehead atoms. The molecule has 1 aliphatic carbocycles. The highest BCUT2D eigenvalue weighted by Gasteiger charge is 2.64. The maximum absolute atomic E-state index is 13.6. The number of anilines is 1. The molecule has 3 aliphatic heterocycles. The number of halogens is 1. The van der Waals surface area contributed by atoms with Crippen molar-refractivity contribution in [3.05, 3.63) is 99.6 Å². The first-order valence-electron chi connectivity index (χ1n) is 23.4. The second-order valence-corrected chi connectivity index (χ2v) is 20.2. The maximum Gasteiger partial charge on any atom is 0.278 e. The summed E-state index contributed by atoms with van der Waals surface area (Å²) in [7, 11) is 0. The van der Waals surface area contributed by atoms with Crippen molar-refractivity contribution in [3.63, 3.8) is 0 Å². The Morgan fingerprint density at radius 3 is 2.34 bits per heavy atom. The van der Waals surface area contributed by atoms with Gasteiger partial charge < -0.3 is 25.2 Å². The lowest BCUT2D eigenvalue weighted by Gasteiger charge is -2.63. The number of nitrogens with zero attached hydrogens (tertiary/aromatic N) is 8. The van der Waals surface area contributed by atoms with Gasteiger partial charge in [0.25, 0.3) is 17.4 Å². The fourth-order valence-electron chi connectivity index (χ4n) is 11.0. The molecule has 4 aliphatic rings. The second-order valence-electron chi connectivity index (χ2n) is 19.8. The number of nitriles is 1. The Balaban J connectivity index is 0.706. The number of ether oxygens (including phenoxy) is 1. The predicted molar refractivity (Wildman–Crippen MR) is 255 cm³/mol. The van der Waals surface area contributed by atoms with Crippen LogP contribution in [-0.4, -0.2) is 110 Å². The molecule has 1 atom stereocenters. The molecule has 3 N–H and O–H groups in total. The van der Waals surface area contributed by atoms with E-state index in [0.717, 1.165) is 61.1 Å². The number of imide groups is 1. The zero-order chi connectivity index (χ0) is 47.9. The largest absolute Gasteiger partial charge is 0.489 e. The van der Waals surface area contributed by atoms with Crippen LogP contribution in [0.1, 0.15) is 94.2 Å². The van der Waals surface area contributed by atoms with Gasteiger partial charge in [-0.15, -0.1) is 5.10 Å². The summed E-state index contributed by atoms with van der Waals surface area (Å²) in [5, 5.41) is 31.3. The van der Waals surface area contributed by atoms with Crippen LogP contribution < -0.4 is 26.2 Å². The van der Waals surface area contributed by atoms with E-state index in [1.807, 2.05) is 35.4 Å². The Bertz CT molecular complexity index is 2840. The quantitative estimate of drug-likeness (QED) is 0.128. The second kappa shape index (κ2) is 18.8. The van der Waals surface area contributed by atoms with Crippen LogP contribution in [0.15, 0.2) is 77.9 Å². The predicted octanol–water partition coefficient (Wildman–Crippen LogP) is 5.76. The average Bonchev–Trinajstić information content (AvgIpc) is 3.83. The molecule has 68 heavy (non-hydrogen) atoms. The molecule has 354 valence electrons. The van der Waals surface area contributed by atoms with Crippen LogP contribution in [0.25, 0.3) is 22.0 Å². The smallest absolute Gasteiger partial charge is 0.278 e. The van der Waals surface area contributed by atoms with E-state index < -0.39 is 17.5 Å². The van der Waals surface area contributed by atoms with Crippen molar-refractivity contribution in [2.75, 3.05) is 44.6 Å². The zero-order valence-corrected chi connectivity index (χ0v) is 39.5. The number of fused-ring (bicyclic) bond motifs is 1. The zero-order valence-electron chi connectivity index (χ0n) is 38.7. The topological polar surface area (TPSA) is 209 Å². The molecule has 5 heterocycles. The lowest BCUT2D eigenvalue weighted by atomic mass is 9.49. The molecule has 1 unspecified atom stereocenters. The molecule has 0 radical (unpaired) electrons. The number of likely N-dealkylation sites (tertiary alicyclic amines) is 2. The highest BCUT2D eigenvalue weighted by molar-refractivity contribution is 6.31. The summed E-state index contributed by atoms with van der Waals surface area (Å²) in [5.41, 5.74) is 2.70. The number of amides is 4. The Kier molecular flexibility index (Phi) is 12.8. The molecule has 3 aromatic carbocycles. The first-order valence-corrected chi connectivity index (χ1v) is 23.8. The van der Waals surface area contributed by atoms with Crippen molar-refractivity contribution >= 4 is 51.8 Å². The molecule has 1 saturated carbocycles. The Labute approximate surface area is 399 Å². The number of piperidine rings is 3. The van der Waals surface area contributed by atoms with Crippen LogP contribution in [0.5, 0.6) is 5.75 Å². The van der Waals surface area contributed by atoms with Gasteiger partial charge in [-0.05, 0) is 86.1 Å². The van der Waals surface area contributed by atoms with Crippen molar-refractivity contribution in [2.24, 2.45) is 16.7 Å². The summed E-state index contributed by atoms with van der Waals surface area (Å²) >= 11 is 6.26. The van der Waals surface area contributed by atoms with Gasteiger partial charge in [-0.1, -0.05) is 56.6 Å². The number of rotatable bonds is 12. The Hall–Kier alpha value is -6.64. The first kappa shape index (κ1) is 46.5. The SMILES string of the molecule is CC1(C)C(NC(=O)c2ccc(-c3cnn(C4CCN(CC5CCN(C(=O)CNc6ccc7nnn(C8CCC(=O)NC8=O)c(=O)c7c6)CC5)CC4)c3)cc2)C(C)(C)C1Oc1ccc(C#N)c(Cl)c1. The molecular formula is C50H56ClN11O6. The summed E-state index contributed by atoms with van der Waals surface area (Å²) in [4.78, 5) is 68.5. The van der Waals surface area contributed by atoms with E-state index in [-0.39, 0.29) is 65.5 Å². The van der Waals surface area contributed by atoms with Gasteiger partial charge in [-0.3, -0.25) is 34.0 Å². The maximum atomic E-state index is 13.6. The monoisotopic (exact) mass is 941 g/mol. The normalized spacial score (nSPS) is 21.9. The minimum atomic E-state index is -0.912. The summed E-state index contributed by atoms with van der Waals surface area (Å²) in [6, 6.07) is 19.1. The third-order valence-corrected chi connectivity index (χ3v) is 14.9. The van der Waals surface area contributed by atoms with Crippen LogP contribution in [0.3, 0.4) is 0 Å². The van der Waals surface area contributed by atoms with Crippen molar-refractivity contribution in [1.82, 2.24) is 45.2 Å². The van der Waals surface area contributed by atoms with E-state index in [0.29, 0.717) is 58.2 Å². The number of nitrogens with one attached hydrogen (secondary N) is 3. The summed E-state index contributed by atoms with van der Waals surface area (Å²) in [6.07, 6.45) is 7.95. The number of hydrogen-bond acceptors (Lipinski definition) is 12. The van der Waals surface area contributed by atoms with Gasteiger partial charge in [-0.25, -0.2) is 0 Å². The van der Waals surface area contributed by atoms with E-state index in [9.17, 15) is 29.2 Å². The van der Waals surface area contributed by atoms with E-state index in [1.165, 1.54) is 0 Å². The molecule has 0 spiro atoms. The van der Waals surface area contributed by atoms with Gasteiger partial charge in [0.15, 0.2) is 0 Å². The third kappa shape index (κ3) is 9.31. The van der Waals surface area contributed by atoms with Crippen LogP contribution in [-0.2, 0) is 14.4 Å². The highest BCUT2D eigenvalue weighted by Crippen LogP contribution is 2.55. The van der Waals surface area contributed by atoms with Gasteiger partial charge in [0.2, 0.25) is 11.8 Å². The molecule has 5 aromatic rings. The molecule has 4 amide bonds.